The van der Waals surface area contributed by atoms with Gasteiger partial charge in [-0.15, -0.1) is 0 Å². The number of hydrogen-bond acceptors (Lipinski definition) is 2. The smallest absolute Gasteiger partial charge is 0.135 e. The predicted molar refractivity (Wildman–Crippen MR) is 59.6 cm³/mol. The van der Waals surface area contributed by atoms with E-state index in [1.54, 1.807) is 0 Å². The van der Waals surface area contributed by atoms with E-state index in [1.807, 2.05) is 0 Å². The molecule has 0 bridgehead atoms. The Kier molecular flexibility index (Phi) is 2.55. The van der Waals surface area contributed by atoms with Crippen molar-refractivity contribution in [2.45, 2.75) is 38.5 Å². The Morgan fingerprint density at radius 1 is 1.07 bits per heavy atom. The van der Waals surface area contributed by atoms with Crippen LogP contribution in [0.2, 0.25) is 0 Å². The van der Waals surface area contributed by atoms with Crippen LogP contribution in [0.25, 0.3) is 0 Å². The number of hydrogen-bond donors (Lipinski definition) is 0. The zero-order valence-corrected chi connectivity index (χ0v) is 9.45. The molecule has 0 N–H and O–H groups in total. The van der Waals surface area contributed by atoms with Gasteiger partial charge in [0.25, 0.3) is 0 Å². The van der Waals surface area contributed by atoms with Crippen LogP contribution in [-0.2, 0) is 4.79 Å². The van der Waals surface area contributed by atoms with Crippen LogP contribution in [0.3, 0.4) is 0 Å². The maximum Gasteiger partial charge on any atom is 0.135 e. The standard InChI is InChI=1S/C13H21NO/c15-12-5-7-14(8-6-12)9-13(10-1-2-10)11-3-4-11/h10-11,13H,1-9H2. The van der Waals surface area contributed by atoms with Crippen LogP contribution in [0.4, 0.5) is 0 Å². The summed E-state index contributed by atoms with van der Waals surface area (Å²) in [6, 6.07) is 0. The van der Waals surface area contributed by atoms with Crippen LogP contribution in [-0.4, -0.2) is 30.3 Å². The van der Waals surface area contributed by atoms with Gasteiger partial charge >= 0.3 is 0 Å². The molecule has 0 aromatic rings. The van der Waals surface area contributed by atoms with E-state index in [1.165, 1.54) is 32.2 Å². The molecule has 0 aromatic heterocycles. The number of nitrogens with zero attached hydrogens (tertiary/aromatic N) is 1. The van der Waals surface area contributed by atoms with Crippen molar-refractivity contribution in [2.24, 2.45) is 17.8 Å². The van der Waals surface area contributed by atoms with Crippen molar-refractivity contribution in [1.29, 1.82) is 0 Å². The molecule has 3 fully saturated rings. The molecule has 1 heterocycles. The van der Waals surface area contributed by atoms with Crippen molar-refractivity contribution in [3.63, 3.8) is 0 Å². The zero-order chi connectivity index (χ0) is 10.3. The number of carbonyl (C=O) groups excluding carboxylic acids is 1. The molecule has 0 radical (unpaired) electrons. The monoisotopic (exact) mass is 207 g/mol. The van der Waals surface area contributed by atoms with Crippen molar-refractivity contribution in [3.05, 3.63) is 0 Å². The minimum Gasteiger partial charge on any atom is -0.302 e. The Morgan fingerprint density at radius 3 is 2.07 bits per heavy atom. The lowest BCUT2D eigenvalue weighted by atomic mass is 9.96. The molecule has 1 saturated heterocycles. The number of rotatable bonds is 4. The molecule has 0 atom stereocenters. The van der Waals surface area contributed by atoms with Crippen LogP contribution >= 0.6 is 0 Å². The molecule has 3 aliphatic rings. The molecule has 0 aromatic carbocycles. The average molecular weight is 207 g/mol. The molecule has 0 amide bonds. The molecule has 0 spiro atoms. The number of ketones is 1. The first-order valence-electron chi connectivity index (χ1n) is 6.57. The van der Waals surface area contributed by atoms with Gasteiger partial charge in [0.1, 0.15) is 5.78 Å². The topological polar surface area (TPSA) is 20.3 Å². The van der Waals surface area contributed by atoms with E-state index in [9.17, 15) is 4.79 Å². The Labute approximate surface area is 92.0 Å². The van der Waals surface area contributed by atoms with Gasteiger partial charge < -0.3 is 4.90 Å². The third kappa shape index (κ3) is 2.41. The summed E-state index contributed by atoms with van der Waals surface area (Å²) >= 11 is 0. The summed E-state index contributed by atoms with van der Waals surface area (Å²) in [5, 5.41) is 0. The van der Waals surface area contributed by atoms with Gasteiger partial charge in [-0.05, 0) is 43.4 Å². The molecule has 15 heavy (non-hydrogen) atoms. The summed E-state index contributed by atoms with van der Waals surface area (Å²) in [5.41, 5.74) is 0. The van der Waals surface area contributed by atoms with Gasteiger partial charge in [0, 0.05) is 32.5 Å². The molecule has 2 saturated carbocycles. The maximum absolute atomic E-state index is 11.2. The van der Waals surface area contributed by atoms with Crippen LogP contribution in [0, 0.1) is 17.8 Å². The Hall–Kier alpha value is -0.370. The fraction of sp³-hybridized carbons (Fsp3) is 0.923. The predicted octanol–water partition coefficient (Wildman–Crippen LogP) is 2.09. The van der Waals surface area contributed by atoms with Gasteiger partial charge in [-0.3, -0.25) is 4.79 Å². The van der Waals surface area contributed by atoms with Crippen molar-refractivity contribution in [1.82, 2.24) is 4.90 Å². The van der Waals surface area contributed by atoms with E-state index in [4.69, 9.17) is 0 Å². The Bertz CT molecular complexity index is 233. The Morgan fingerprint density at radius 2 is 1.60 bits per heavy atom. The molecule has 2 aliphatic carbocycles. The van der Waals surface area contributed by atoms with E-state index < -0.39 is 0 Å². The first-order valence-corrected chi connectivity index (χ1v) is 6.57. The molecular weight excluding hydrogens is 186 g/mol. The van der Waals surface area contributed by atoms with E-state index in [2.05, 4.69) is 4.90 Å². The highest BCUT2D eigenvalue weighted by atomic mass is 16.1. The van der Waals surface area contributed by atoms with Gasteiger partial charge in [0.2, 0.25) is 0 Å². The second kappa shape index (κ2) is 3.89. The van der Waals surface area contributed by atoms with Crippen LogP contribution in [0.5, 0.6) is 0 Å². The van der Waals surface area contributed by atoms with Gasteiger partial charge in [0.05, 0.1) is 0 Å². The molecule has 2 heteroatoms. The van der Waals surface area contributed by atoms with Crippen molar-refractivity contribution in [3.8, 4) is 0 Å². The molecule has 3 rings (SSSR count). The molecule has 0 unspecified atom stereocenters. The van der Waals surface area contributed by atoms with E-state index in [0.29, 0.717) is 5.78 Å². The van der Waals surface area contributed by atoms with Crippen LogP contribution in [0.15, 0.2) is 0 Å². The first-order chi connectivity index (χ1) is 7.33. The summed E-state index contributed by atoms with van der Waals surface area (Å²) < 4.78 is 0. The van der Waals surface area contributed by atoms with Crippen LogP contribution in [0.1, 0.15) is 38.5 Å². The average Bonchev–Trinajstić information content (AvgIpc) is 3.11. The molecular formula is C13H21NO. The molecule has 2 nitrogen and oxygen atoms in total. The minimum atomic E-state index is 0.473. The summed E-state index contributed by atoms with van der Waals surface area (Å²) in [4.78, 5) is 13.7. The number of likely N-dealkylation sites (tertiary alicyclic amines) is 1. The Balaban J connectivity index is 1.51. The quantitative estimate of drug-likeness (QED) is 0.703. The second-order valence-corrected chi connectivity index (χ2v) is 5.68. The van der Waals surface area contributed by atoms with E-state index in [-0.39, 0.29) is 0 Å². The van der Waals surface area contributed by atoms with Gasteiger partial charge in [-0.25, -0.2) is 0 Å². The fourth-order valence-corrected chi connectivity index (χ4v) is 3.01. The number of piperidine rings is 1. The highest BCUT2D eigenvalue weighted by Crippen LogP contribution is 2.49. The third-order valence-corrected chi connectivity index (χ3v) is 4.34. The van der Waals surface area contributed by atoms with Gasteiger partial charge in [-0.2, -0.15) is 0 Å². The normalized spacial score (nSPS) is 28.7. The lowest BCUT2D eigenvalue weighted by molar-refractivity contribution is -0.121. The highest BCUT2D eigenvalue weighted by Gasteiger charge is 2.42. The summed E-state index contributed by atoms with van der Waals surface area (Å²) in [7, 11) is 0. The third-order valence-electron chi connectivity index (χ3n) is 4.34. The van der Waals surface area contributed by atoms with Crippen molar-refractivity contribution >= 4 is 5.78 Å². The SMILES string of the molecule is O=C1CCN(CC(C2CC2)C2CC2)CC1. The number of carbonyl (C=O) groups is 1. The highest BCUT2D eigenvalue weighted by molar-refractivity contribution is 5.79. The van der Waals surface area contributed by atoms with Crippen molar-refractivity contribution in [2.75, 3.05) is 19.6 Å². The summed E-state index contributed by atoms with van der Waals surface area (Å²) in [5.74, 6) is 3.56. The van der Waals surface area contributed by atoms with Gasteiger partial charge in [0.15, 0.2) is 0 Å². The summed E-state index contributed by atoms with van der Waals surface area (Å²) in [6.07, 6.45) is 7.54. The zero-order valence-electron chi connectivity index (χ0n) is 9.45. The summed E-state index contributed by atoms with van der Waals surface area (Å²) in [6.45, 7) is 3.37. The second-order valence-electron chi connectivity index (χ2n) is 5.68. The lowest BCUT2D eigenvalue weighted by Gasteiger charge is -2.30. The van der Waals surface area contributed by atoms with Crippen molar-refractivity contribution < 1.29 is 4.79 Å². The maximum atomic E-state index is 11.2. The van der Waals surface area contributed by atoms with E-state index >= 15 is 0 Å². The van der Waals surface area contributed by atoms with Crippen LogP contribution < -0.4 is 0 Å². The van der Waals surface area contributed by atoms with Gasteiger partial charge in [-0.1, -0.05) is 0 Å². The molecule has 84 valence electrons. The largest absolute Gasteiger partial charge is 0.302 e. The molecule has 1 aliphatic heterocycles. The lowest BCUT2D eigenvalue weighted by Crippen LogP contribution is -2.38. The minimum absolute atomic E-state index is 0.473. The first kappa shape index (κ1) is 9.83. The fourth-order valence-electron chi connectivity index (χ4n) is 3.01. The van der Waals surface area contributed by atoms with E-state index in [0.717, 1.165) is 43.7 Å². The number of Topliss-reactive ketones (excluding diaryl/α,β-unsaturated/α-hetero) is 1.